The van der Waals surface area contributed by atoms with E-state index in [9.17, 15) is 9.90 Å². The smallest absolute Gasteiger partial charge is 0.262 e. The van der Waals surface area contributed by atoms with Crippen molar-refractivity contribution in [2.24, 2.45) is 0 Å². The molecule has 4 nitrogen and oxygen atoms in total. The van der Waals surface area contributed by atoms with Crippen LogP contribution >= 0.6 is 0 Å². The molecule has 0 saturated heterocycles. The SMILES string of the molecule is CCc1ccc(NC(=O)COc2cccc3c2CCCC3O)cc1. The van der Waals surface area contributed by atoms with Gasteiger partial charge < -0.3 is 15.2 Å². The molecule has 0 heterocycles. The molecule has 1 aliphatic rings. The zero-order valence-electron chi connectivity index (χ0n) is 13.9. The first kappa shape index (κ1) is 16.5. The van der Waals surface area contributed by atoms with Gasteiger partial charge in [-0.15, -0.1) is 0 Å². The lowest BCUT2D eigenvalue weighted by Gasteiger charge is -2.23. The van der Waals surface area contributed by atoms with Crippen molar-refractivity contribution in [1.82, 2.24) is 0 Å². The molecule has 0 bridgehead atoms. The van der Waals surface area contributed by atoms with Gasteiger partial charge >= 0.3 is 0 Å². The Hall–Kier alpha value is -2.33. The lowest BCUT2D eigenvalue weighted by atomic mass is 9.89. The van der Waals surface area contributed by atoms with Crippen molar-refractivity contribution < 1.29 is 14.6 Å². The highest BCUT2D eigenvalue weighted by Crippen LogP contribution is 2.35. The monoisotopic (exact) mass is 325 g/mol. The summed E-state index contributed by atoms with van der Waals surface area (Å²) in [5.41, 5.74) is 3.95. The first-order valence-corrected chi connectivity index (χ1v) is 8.49. The quantitative estimate of drug-likeness (QED) is 0.882. The minimum atomic E-state index is -0.428. The van der Waals surface area contributed by atoms with Crippen molar-refractivity contribution >= 4 is 11.6 Å². The molecule has 1 unspecified atom stereocenters. The minimum Gasteiger partial charge on any atom is -0.483 e. The van der Waals surface area contributed by atoms with E-state index >= 15 is 0 Å². The lowest BCUT2D eigenvalue weighted by molar-refractivity contribution is -0.118. The number of hydrogen-bond acceptors (Lipinski definition) is 3. The largest absolute Gasteiger partial charge is 0.483 e. The third kappa shape index (κ3) is 3.77. The summed E-state index contributed by atoms with van der Waals surface area (Å²) >= 11 is 0. The van der Waals surface area contributed by atoms with Gasteiger partial charge in [0.15, 0.2) is 6.61 Å². The third-order valence-corrected chi connectivity index (χ3v) is 4.44. The number of carbonyl (C=O) groups is 1. The Morgan fingerprint density at radius 3 is 2.79 bits per heavy atom. The normalized spacial score (nSPS) is 16.3. The zero-order valence-corrected chi connectivity index (χ0v) is 13.9. The van der Waals surface area contributed by atoms with Gasteiger partial charge in [0.05, 0.1) is 6.10 Å². The number of amides is 1. The van der Waals surface area contributed by atoms with Crippen molar-refractivity contribution in [2.45, 2.75) is 38.7 Å². The van der Waals surface area contributed by atoms with Crippen molar-refractivity contribution in [3.63, 3.8) is 0 Å². The maximum absolute atomic E-state index is 12.1. The molecular weight excluding hydrogens is 302 g/mol. The number of rotatable bonds is 5. The first-order chi connectivity index (χ1) is 11.7. The highest BCUT2D eigenvalue weighted by atomic mass is 16.5. The van der Waals surface area contributed by atoms with Gasteiger partial charge in [0, 0.05) is 5.69 Å². The standard InChI is InChI=1S/C20H23NO3/c1-2-14-9-11-15(12-10-14)21-20(23)13-24-19-8-4-5-16-17(19)6-3-7-18(16)22/h4-5,8-12,18,22H,2-3,6-7,13H2,1H3,(H,21,23). The number of hydrogen-bond donors (Lipinski definition) is 2. The van der Waals surface area contributed by atoms with Gasteiger partial charge in [-0.1, -0.05) is 31.2 Å². The fourth-order valence-corrected chi connectivity index (χ4v) is 3.09. The van der Waals surface area contributed by atoms with Crippen LogP contribution in [0.4, 0.5) is 5.69 Å². The van der Waals surface area contributed by atoms with E-state index < -0.39 is 6.10 Å². The first-order valence-electron chi connectivity index (χ1n) is 8.49. The van der Waals surface area contributed by atoms with Crippen molar-refractivity contribution in [3.8, 4) is 5.75 Å². The highest BCUT2D eigenvalue weighted by molar-refractivity contribution is 5.91. The molecule has 24 heavy (non-hydrogen) atoms. The van der Waals surface area contributed by atoms with Crippen molar-refractivity contribution in [2.75, 3.05) is 11.9 Å². The second-order valence-corrected chi connectivity index (χ2v) is 6.12. The Balaban J connectivity index is 1.61. The number of nitrogens with one attached hydrogen (secondary N) is 1. The number of carbonyl (C=O) groups excluding carboxylic acids is 1. The molecule has 0 aromatic heterocycles. The summed E-state index contributed by atoms with van der Waals surface area (Å²) in [5, 5.41) is 12.9. The second kappa shape index (κ2) is 7.49. The van der Waals surface area contributed by atoms with E-state index in [2.05, 4.69) is 12.2 Å². The molecule has 0 fully saturated rings. The van der Waals surface area contributed by atoms with Gasteiger partial charge in [0.1, 0.15) is 5.75 Å². The van der Waals surface area contributed by atoms with Gasteiger partial charge in [-0.05, 0) is 60.6 Å². The number of aliphatic hydroxyl groups excluding tert-OH is 1. The number of aryl methyl sites for hydroxylation is 1. The highest BCUT2D eigenvalue weighted by Gasteiger charge is 2.21. The molecule has 126 valence electrons. The number of fused-ring (bicyclic) bond motifs is 1. The zero-order chi connectivity index (χ0) is 16.9. The Morgan fingerprint density at radius 2 is 2.04 bits per heavy atom. The fraction of sp³-hybridized carbons (Fsp3) is 0.350. The number of benzene rings is 2. The molecule has 0 saturated carbocycles. The van der Waals surface area contributed by atoms with Crippen LogP contribution in [0, 0.1) is 0 Å². The summed E-state index contributed by atoms with van der Waals surface area (Å²) < 4.78 is 5.71. The Kier molecular flexibility index (Phi) is 5.16. The van der Waals surface area contributed by atoms with E-state index in [-0.39, 0.29) is 12.5 Å². The summed E-state index contributed by atoms with van der Waals surface area (Å²) in [6, 6.07) is 13.5. The van der Waals surface area contributed by atoms with Crippen LogP contribution in [-0.2, 0) is 17.6 Å². The molecule has 0 radical (unpaired) electrons. The third-order valence-electron chi connectivity index (χ3n) is 4.44. The predicted octanol–water partition coefficient (Wildman–Crippen LogP) is 3.64. The second-order valence-electron chi connectivity index (χ2n) is 6.12. The number of anilines is 1. The van der Waals surface area contributed by atoms with Gasteiger partial charge in [-0.3, -0.25) is 4.79 Å². The molecule has 0 aliphatic heterocycles. The van der Waals surface area contributed by atoms with Gasteiger partial charge in [-0.2, -0.15) is 0 Å². The van der Waals surface area contributed by atoms with Crippen LogP contribution in [0.1, 0.15) is 42.6 Å². The molecule has 4 heteroatoms. The van der Waals surface area contributed by atoms with Gasteiger partial charge in [-0.25, -0.2) is 0 Å². The summed E-state index contributed by atoms with van der Waals surface area (Å²) in [4.78, 5) is 12.1. The topological polar surface area (TPSA) is 58.6 Å². The van der Waals surface area contributed by atoms with Crippen LogP contribution in [-0.4, -0.2) is 17.6 Å². The molecule has 2 aromatic rings. The summed E-state index contributed by atoms with van der Waals surface area (Å²) in [7, 11) is 0. The van der Waals surface area contributed by atoms with E-state index in [1.165, 1.54) is 5.56 Å². The fourth-order valence-electron chi connectivity index (χ4n) is 3.09. The average Bonchev–Trinajstić information content (AvgIpc) is 2.61. The lowest BCUT2D eigenvalue weighted by Crippen LogP contribution is -2.21. The maximum atomic E-state index is 12.1. The Morgan fingerprint density at radius 1 is 1.25 bits per heavy atom. The van der Waals surface area contributed by atoms with E-state index in [0.29, 0.717) is 5.75 Å². The van der Waals surface area contributed by atoms with Crippen LogP contribution in [0.5, 0.6) is 5.75 Å². The molecule has 2 N–H and O–H groups in total. The summed E-state index contributed by atoms with van der Waals surface area (Å²) in [6.45, 7) is 2.06. The van der Waals surface area contributed by atoms with E-state index in [1.54, 1.807) is 0 Å². The Bertz CT molecular complexity index is 709. The molecule has 2 aromatic carbocycles. The van der Waals surface area contributed by atoms with Gasteiger partial charge in [0.25, 0.3) is 5.91 Å². The minimum absolute atomic E-state index is 0.0396. The number of ether oxygens (including phenoxy) is 1. The molecule has 0 spiro atoms. The molecule has 1 atom stereocenters. The molecular formula is C20H23NO3. The van der Waals surface area contributed by atoms with E-state index in [1.807, 2.05) is 42.5 Å². The summed E-state index contributed by atoms with van der Waals surface area (Å²) in [5.74, 6) is 0.510. The maximum Gasteiger partial charge on any atom is 0.262 e. The molecule has 3 rings (SSSR count). The Labute approximate surface area is 142 Å². The van der Waals surface area contributed by atoms with E-state index in [4.69, 9.17) is 4.74 Å². The van der Waals surface area contributed by atoms with Gasteiger partial charge in [0.2, 0.25) is 0 Å². The summed E-state index contributed by atoms with van der Waals surface area (Å²) in [6.07, 6.45) is 3.14. The van der Waals surface area contributed by atoms with Crippen LogP contribution in [0.2, 0.25) is 0 Å². The van der Waals surface area contributed by atoms with Crippen molar-refractivity contribution in [1.29, 1.82) is 0 Å². The van der Waals surface area contributed by atoms with Crippen LogP contribution in [0.3, 0.4) is 0 Å². The average molecular weight is 325 g/mol. The van der Waals surface area contributed by atoms with Crippen molar-refractivity contribution in [3.05, 3.63) is 59.2 Å². The van der Waals surface area contributed by atoms with E-state index in [0.717, 1.165) is 42.5 Å². The van der Waals surface area contributed by atoms with Crippen LogP contribution < -0.4 is 10.1 Å². The van der Waals surface area contributed by atoms with Crippen LogP contribution in [0.25, 0.3) is 0 Å². The van der Waals surface area contributed by atoms with Crippen LogP contribution in [0.15, 0.2) is 42.5 Å². The predicted molar refractivity (Wildman–Crippen MR) is 94.3 cm³/mol. The number of aliphatic hydroxyl groups is 1. The molecule has 1 aliphatic carbocycles. The molecule has 1 amide bonds.